The number of carbonyl (C=O) groups is 1. The number of amides is 1. The molecule has 1 fully saturated rings. The van der Waals surface area contributed by atoms with E-state index in [0.717, 1.165) is 47.8 Å². The van der Waals surface area contributed by atoms with Gasteiger partial charge in [-0.3, -0.25) is 4.79 Å². The Labute approximate surface area is 163 Å². The van der Waals surface area contributed by atoms with Gasteiger partial charge in [0.1, 0.15) is 5.75 Å². The van der Waals surface area contributed by atoms with Crippen LogP contribution in [-0.2, 0) is 6.42 Å². The van der Waals surface area contributed by atoms with Crippen molar-refractivity contribution in [1.82, 2.24) is 4.90 Å². The first-order valence-electron chi connectivity index (χ1n) is 9.81. The second-order valence-corrected chi connectivity index (χ2v) is 7.60. The number of ether oxygens (including phenoxy) is 3. The molecule has 1 saturated heterocycles. The molecule has 3 aliphatic heterocycles. The Morgan fingerprint density at radius 2 is 1.89 bits per heavy atom. The van der Waals surface area contributed by atoms with Crippen molar-refractivity contribution in [3.63, 3.8) is 0 Å². The van der Waals surface area contributed by atoms with E-state index in [9.17, 15) is 9.90 Å². The standard InChI is InChI=1S/C22H23NO5/c24-18-12-23(22(25)16-4-5-19-15(10-16)2-1-9-26-19)8-7-17(18)14-3-6-20-21(11-14)28-13-27-20/h3-6,10-11,17-18,24H,1-2,7-9,12-13H2/t17-,18+/m0/s1. The van der Waals surface area contributed by atoms with Crippen molar-refractivity contribution in [3.8, 4) is 17.2 Å². The zero-order valence-electron chi connectivity index (χ0n) is 15.6. The van der Waals surface area contributed by atoms with Crippen LogP contribution in [0.5, 0.6) is 17.2 Å². The van der Waals surface area contributed by atoms with E-state index in [1.54, 1.807) is 4.90 Å². The first-order valence-corrected chi connectivity index (χ1v) is 9.81. The Bertz CT molecular complexity index is 912. The number of hydrogen-bond donors (Lipinski definition) is 1. The second-order valence-electron chi connectivity index (χ2n) is 7.60. The fourth-order valence-electron chi connectivity index (χ4n) is 4.32. The van der Waals surface area contributed by atoms with E-state index in [1.165, 1.54) is 0 Å². The molecular formula is C22H23NO5. The van der Waals surface area contributed by atoms with Gasteiger partial charge in [0, 0.05) is 24.6 Å². The van der Waals surface area contributed by atoms with Crippen molar-refractivity contribution in [2.24, 2.45) is 0 Å². The molecule has 0 aliphatic carbocycles. The molecule has 0 spiro atoms. The summed E-state index contributed by atoms with van der Waals surface area (Å²) in [6.07, 6.45) is 2.01. The predicted molar refractivity (Wildman–Crippen MR) is 102 cm³/mol. The van der Waals surface area contributed by atoms with Crippen LogP contribution in [0.1, 0.15) is 40.2 Å². The molecule has 2 atom stereocenters. The summed E-state index contributed by atoms with van der Waals surface area (Å²) in [6, 6.07) is 11.4. The SMILES string of the molecule is O=C(c1ccc2c(c1)CCCO2)N1CC[C@@H](c2ccc3c(c2)OCO3)[C@H](O)C1. The number of β-amino-alcohol motifs (C(OH)–C–C–N with tert-alkyl or cyclic N) is 1. The third kappa shape index (κ3) is 3.07. The fourth-order valence-corrected chi connectivity index (χ4v) is 4.32. The third-order valence-electron chi connectivity index (χ3n) is 5.85. The fraction of sp³-hybridized carbons (Fsp3) is 0.409. The third-order valence-corrected chi connectivity index (χ3v) is 5.85. The highest BCUT2D eigenvalue weighted by atomic mass is 16.7. The molecule has 0 unspecified atom stereocenters. The number of hydrogen-bond acceptors (Lipinski definition) is 5. The first-order chi connectivity index (χ1) is 13.7. The van der Waals surface area contributed by atoms with Crippen molar-refractivity contribution < 1.29 is 24.1 Å². The van der Waals surface area contributed by atoms with Crippen LogP contribution in [0.25, 0.3) is 0 Å². The lowest BCUT2D eigenvalue weighted by Gasteiger charge is -2.36. The second kappa shape index (κ2) is 7.02. The van der Waals surface area contributed by atoms with Crippen molar-refractivity contribution in [2.45, 2.75) is 31.3 Å². The monoisotopic (exact) mass is 381 g/mol. The minimum atomic E-state index is -0.612. The van der Waals surface area contributed by atoms with Crippen LogP contribution in [0.2, 0.25) is 0 Å². The van der Waals surface area contributed by atoms with Crippen molar-refractivity contribution in [2.75, 3.05) is 26.5 Å². The summed E-state index contributed by atoms with van der Waals surface area (Å²) in [5.74, 6) is 2.29. The van der Waals surface area contributed by atoms with E-state index in [-0.39, 0.29) is 18.6 Å². The van der Waals surface area contributed by atoms with Gasteiger partial charge in [0.15, 0.2) is 11.5 Å². The number of aliphatic hydroxyl groups is 1. The molecule has 6 heteroatoms. The number of rotatable bonds is 2. The lowest BCUT2D eigenvalue weighted by molar-refractivity contribution is 0.0381. The summed E-state index contributed by atoms with van der Waals surface area (Å²) in [7, 11) is 0. The smallest absolute Gasteiger partial charge is 0.253 e. The molecule has 0 saturated carbocycles. The summed E-state index contributed by atoms with van der Waals surface area (Å²) in [6.45, 7) is 1.91. The highest BCUT2D eigenvalue weighted by molar-refractivity contribution is 5.94. The van der Waals surface area contributed by atoms with Gasteiger partial charge < -0.3 is 24.2 Å². The van der Waals surface area contributed by atoms with Gasteiger partial charge in [-0.15, -0.1) is 0 Å². The minimum Gasteiger partial charge on any atom is -0.493 e. The minimum absolute atomic E-state index is 0.0181. The average molecular weight is 381 g/mol. The zero-order chi connectivity index (χ0) is 19.1. The van der Waals surface area contributed by atoms with Crippen LogP contribution >= 0.6 is 0 Å². The average Bonchev–Trinajstić information content (AvgIpc) is 3.20. The molecule has 3 aliphatic rings. The van der Waals surface area contributed by atoms with E-state index in [4.69, 9.17) is 14.2 Å². The molecule has 1 amide bonds. The Kier molecular flexibility index (Phi) is 4.36. The molecule has 146 valence electrons. The molecule has 28 heavy (non-hydrogen) atoms. The quantitative estimate of drug-likeness (QED) is 0.866. The summed E-state index contributed by atoms with van der Waals surface area (Å²) in [5.41, 5.74) is 2.78. The van der Waals surface area contributed by atoms with Gasteiger partial charge in [-0.05, 0) is 60.7 Å². The Morgan fingerprint density at radius 1 is 1.04 bits per heavy atom. The van der Waals surface area contributed by atoms with Crippen molar-refractivity contribution >= 4 is 5.91 Å². The van der Waals surface area contributed by atoms with Crippen LogP contribution < -0.4 is 14.2 Å². The van der Waals surface area contributed by atoms with Crippen LogP contribution in [-0.4, -0.2) is 48.5 Å². The largest absolute Gasteiger partial charge is 0.493 e. The zero-order valence-corrected chi connectivity index (χ0v) is 15.6. The molecule has 0 radical (unpaired) electrons. The molecular weight excluding hydrogens is 358 g/mol. The number of piperidine rings is 1. The molecule has 2 aromatic carbocycles. The molecule has 0 bridgehead atoms. The van der Waals surface area contributed by atoms with Gasteiger partial charge in [0.2, 0.25) is 6.79 Å². The van der Waals surface area contributed by atoms with Gasteiger partial charge in [0.25, 0.3) is 5.91 Å². The van der Waals surface area contributed by atoms with Gasteiger partial charge >= 0.3 is 0 Å². The van der Waals surface area contributed by atoms with E-state index in [0.29, 0.717) is 25.1 Å². The topological polar surface area (TPSA) is 68.2 Å². The summed E-state index contributed by atoms with van der Waals surface area (Å²) < 4.78 is 16.4. The predicted octanol–water partition coefficient (Wildman–Crippen LogP) is 2.73. The summed E-state index contributed by atoms with van der Waals surface area (Å²) in [5, 5.41) is 10.7. The van der Waals surface area contributed by atoms with Crippen LogP contribution in [0.3, 0.4) is 0 Å². The van der Waals surface area contributed by atoms with E-state index in [1.807, 2.05) is 36.4 Å². The van der Waals surface area contributed by atoms with E-state index >= 15 is 0 Å². The lowest BCUT2D eigenvalue weighted by atomic mass is 9.86. The molecule has 0 aromatic heterocycles. The number of aryl methyl sites for hydroxylation is 1. The highest BCUT2D eigenvalue weighted by Gasteiger charge is 2.32. The number of likely N-dealkylation sites (tertiary alicyclic amines) is 1. The maximum atomic E-state index is 13.0. The Hall–Kier alpha value is -2.73. The molecule has 5 rings (SSSR count). The number of carbonyl (C=O) groups excluding carboxylic acids is 1. The number of fused-ring (bicyclic) bond motifs is 2. The molecule has 6 nitrogen and oxygen atoms in total. The van der Waals surface area contributed by atoms with Crippen molar-refractivity contribution in [1.29, 1.82) is 0 Å². The van der Waals surface area contributed by atoms with E-state index < -0.39 is 6.10 Å². The number of benzene rings is 2. The Morgan fingerprint density at radius 3 is 2.79 bits per heavy atom. The maximum Gasteiger partial charge on any atom is 0.253 e. The molecule has 1 N–H and O–H groups in total. The first kappa shape index (κ1) is 17.4. The molecule has 3 heterocycles. The van der Waals surface area contributed by atoms with Gasteiger partial charge in [-0.25, -0.2) is 0 Å². The van der Waals surface area contributed by atoms with Crippen LogP contribution in [0.15, 0.2) is 36.4 Å². The van der Waals surface area contributed by atoms with Crippen LogP contribution in [0.4, 0.5) is 0 Å². The summed E-state index contributed by atoms with van der Waals surface area (Å²) >= 11 is 0. The van der Waals surface area contributed by atoms with Crippen LogP contribution in [0, 0.1) is 0 Å². The highest BCUT2D eigenvalue weighted by Crippen LogP contribution is 2.37. The Balaban J connectivity index is 1.30. The van der Waals surface area contributed by atoms with E-state index in [2.05, 4.69) is 0 Å². The maximum absolute atomic E-state index is 13.0. The van der Waals surface area contributed by atoms with Gasteiger partial charge in [-0.2, -0.15) is 0 Å². The van der Waals surface area contributed by atoms with Gasteiger partial charge in [0.05, 0.1) is 12.7 Å². The number of nitrogens with zero attached hydrogens (tertiary/aromatic N) is 1. The van der Waals surface area contributed by atoms with Gasteiger partial charge in [-0.1, -0.05) is 6.07 Å². The lowest BCUT2D eigenvalue weighted by Crippen LogP contribution is -2.45. The normalized spacial score (nSPS) is 23.1. The number of aliphatic hydroxyl groups excluding tert-OH is 1. The van der Waals surface area contributed by atoms with Crippen molar-refractivity contribution in [3.05, 3.63) is 53.1 Å². The molecule has 2 aromatic rings. The summed E-state index contributed by atoms with van der Waals surface area (Å²) in [4.78, 5) is 14.7.